The van der Waals surface area contributed by atoms with E-state index in [1.165, 1.54) is 25.0 Å². The van der Waals surface area contributed by atoms with Crippen LogP contribution < -0.4 is 5.32 Å². The van der Waals surface area contributed by atoms with Crippen molar-refractivity contribution in [3.8, 4) is 0 Å². The second kappa shape index (κ2) is 4.81. The maximum Gasteiger partial charge on any atom is 0.127 e. The summed E-state index contributed by atoms with van der Waals surface area (Å²) in [7, 11) is 0. The third-order valence-electron chi connectivity index (χ3n) is 4.15. The van der Waals surface area contributed by atoms with Crippen LogP contribution in [0.2, 0.25) is 0 Å². The number of nitrogens with one attached hydrogen (secondary N) is 1. The fraction of sp³-hybridized carbons (Fsp3) is 0.467. The molecule has 1 N–H and O–H groups in total. The normalized spacial score (nSPS) is 29.1. The molecule has 0 heterocycles. The van der Waals surface area contributed by atoms with E-state index in [0.29, 0.717) is 23.9 Å². The van der Waals surface area contributed by atoms with Crippen molar-refractivity contribution in [2.45, 2.75) is 19.4 Å². The molecule has 2 bridgehead atoms. The summed E-state index contributed by atoms with van der Waals surface area (Å²) in [6.07, 6.45) is 7.14. The molecule has 0 radical (unpaired) electrons. The smallest absolute Gasteiger partial charge is 0.127 e. The monoisotopic (exact) mass is 249 g/mol. The van der Waals surface area contributed by atoms with Gasteiger partial charge in [0.2, 0.25) is 0 Å². The quantitative estimate of drug-likeness (QED) is 0.808. The molecule has 0 amide bonds. The van der Waals surface area contributed by atoms with Crippen molar-refractivity contribution in [3.05, 3.63) is 47.5 Å². The zero-order valence-corrected chi connectivity index (χ0v) is 10.2. The molecule has 3 rings (SSSR count). The van der Waals surface area contributed by atoms with Gasteiger partial charge in [-0.1, -0.05) is 12.2 Å². The topological polar surface area (TPSA) is 12.0 Å². The summed E-state index contributed by atoms with van der Waals surface area (Å²) in [4.78, 5) is 0. The number of halogens is 2. The number of benzene rings is 1. The van der Waals surface area contributed by atoms with Gasteiger partial charge in [0, 0.05) is 12.1 Å². The first-order valence-electron chi connectivity index (χ1n) is 6.55. The van der Waals surface area contributed by atoms with E-state index in [1.807, 2.05) is 0 Å². The van der Waals surface area contributed by atoms with Gasteiger partial charge in [0.15, 0.2) is 0 Å². The summed E-state index contributed by atoms with van der Waals surface area (Å²) >= 11 is 0. The Bertz CT molecular complexity index is 470. The van der Waals surface area contributed by atoms with Crippen LogP contribution in [0.1, 0.15) is 18.4 Å². The van der Waals surface area contributed by atoms with Crippen LogP contribution in [0, 0.1) is 29.4 Å². The summed E-state index contributed by atoms with van der Waals surface area (Å²) in [5.41, 5.74) is 0.411. The Balaban J connectivity index is 1.53. The minimum atomic E-state index is -0.379. The summed E-state index contributed by atoms with van der Waals surface area (Å²) in [5.74, 6) is 1.40. The molecular weight excluding hydrogens is 232 g/mol. The number of hydrogen-bond acceptors (Lipinski definition) is 1. The first-order valence-corrected chi connectivity index (χ1v) is 6.55. The van der Waals surface area contributed by atoms with Crippen molar-refractivity contribution in [2.24, 2.45) is 17.8 Å². The Morgan fingerprint density at radius 2 is 2.06 bits per heavy atom. The second-order valence-corrected chi connectivity index (χ2v) is 5.41. The van der Waals surface area contributed by atoms with Crippen molar-refractivity contribution in [1.82, 2.24) is 5.32 Å². The highest BCUT2D eigenvalue weighted by atomic mass is 19.1. The fourth-order valence-electron chi connectivity index (χ4n) is 3.20. The maximum atomic E-state index is 13.4. The van der Waals surface area contributed by atoms with E-state index in [0.717, 1.165) is 18.5 Å². The lowest BCUT2D eigenvalue weighted by Gasteiger charge is -2.18. The molecule has 3 unspecified atom stereocenters. The Morgan fingerprint density at radius 1 is 1.17 bits per heavy atom. The molecule has 0 aromatic heterocycles. The Hall–Kier alpha value is -1.22. The standard InChI is InChI=1S/C15H17F2N/c16-14-3-4-15(17)13(7-14)9-18-8-12-6-10-1-2-11(12)5-10/h1-4,7,10-12,18H,5-6,8-9H2. The van der Waals surface area contributed by atoms with Gasteiger partial charge >= 0.3 is 0 Å². The molecule has 3 atom stereocenters. The van der Waals surface area contributed by atoms with Crippen molar-refractivity contribution >= 4 is 0 Å². The molecule has 2 aliphatic carbocycles. The lowest BCUT2D eigenvalue weighted by Crippen LogP contribution is -2.25. The van der Waals surface area contributed by atoms with Crippen LogP contribution in [0.15, 0.2) is 30.4 Å². The molecular formula is C15H17F2N. The first-order chi connectivity index (χ1) is 8.72. The van der Waals surface area contributed by atoms with Crippen LogP contribution in [-0.2, 0) is 6.54 Å². The van der Waals surface area contributed by atoms with Gasteiger partial charge in [-0.2, -0.15) is 0 Å². The van der Waals surface area contributed by atoms with Gasteiger partial charge in [0.25, 0.3) is 0 Å². The Kier molecular flexibility index (Phi) is 3.16. The summed E-state index contributed by atoms with van der Waals surface area (Å²) < 4.78 is 26.4. The van der Waals surface area contributed by atoms with Crippen molar-refractivity contribution < 1.29 is 8.78 Å². The van der Waals surface area contributed by atoms with Gasteiger partial charge in [-0.05, 0) is 55.3 Å². The van der Waals surface area contributed by atoms with E-state index in [1.54, 1.807) is 0 Å². The highest BCUT2D eigenvalue weighted by molar-refractivity contribution is 5.18. The second-order valence-electron chi connectivity index (χ2n) is 5.41. The number of rotatable bonds is 4. The Morgan fingerprint density at radius 3 is 2.78 bits per heavy atom. The van der Waals surface area contributed by atoms with Crippen LogP contribution in [0.4, 0.5) is 8.78 Å². The van der Waals surface area contributed by atoms with Gasteiger partial charge in [-0.15, -0.1) is 0 Å². The van der Waals surface area contributed by atoms with Gasteiger partial charge < -0.3 is 5.32 Å². The summed E-state index contributed by atoms with van der Waals surface area (Å²) in [6, 6.07) is 3.61. The predicted molar refractivity (Wildman–Crippen MR) is 66.9 cm³/mol. The number of hydrogen-bond donors (Lipinski definition) is 1. The van der Waals surface area contributed by atoms with Crippen molar-refractivity contribution in [3.63, 3.8) is 0 Å². The predicted octanol–water partition coefficient (Wildman–Crippen LogP) is 3.27. The minimum absolute atomic E-state index is 0.336. The molecule has 1 aromatic rings. The molecule has 0 spiro atoms. The molecule has 1 saturated carbocycles. The number of allylic oxidation sites excluding steroid dienone is 2. The summed E-state index contributed by atoms with van der Waals surface area (Å²) in [5, 5.41) is 3.26. The summed E-state index contributed by atoms with van der Waals surface area (Å²) in [6.45, 7) is 1.29. The van der Waals surface area contributed by atoms with Crippen LogP contribution in [0.5, 0.6) is 0 Å². The molecule has 96 valence electrons. The highest BCUT2D eigenvalue weighted by Crippen LogP contribution is 2.42. The lowest BCUT2D eigenvalue weighted by atomic mass is 9.93. The highest BCUT2D eigenvalue weighted by Gasteiger charge is 2.34. The van der Waals surface area contributed by atoms with E-state index < -0.39 is 0 Å². The number of fused-ring (bicyclic) bond motifs is 2. The SMILES string of the molecule is Fc1ccc(F)c(CNCC2CC3C=CC2C3)c1. The van der Waals surface area contributed by atoms with E-state index in [4.69, 9.17) is 0 Å². The third-order valence-corrected chi connectivity index (χ3v) is 4.15. The molecule has 0 saturated heterocycles. The van der Waals surface area contributed by atoms with Crippen LogP contribution in [0.25, 0.3) is 0 Å². The largest absolute Gasteiger partial charge is 0.312 e. The zero-order valence-electron chi connectivity index (χ0n) is 10.2. The third kappa shape index (κ3) is 2.32. The minimum Gasteiger partial charge on any atom is -0.312 e. The lowest BCUT2D eigenvalue weighted by molar-refractivity contribution is 0.411. The van der Waals surface area contributed by atoms with E-state index in [-0.39, 0.29) is 11.6 Å². The van der Waals surface area contributed by atoms with Crippen LogP contribution in [0.3, 0.4) is 0 Å². The van der Waals surface area contributed by atoms with Crippen molar-refractivity contribution in [2.75, 3.05) is 6.54 Å². The van der Waals surface area contributed by atoms with Gasteiger partial charge in [-0.25, -0.2) is 8.78 Å². The van der Waals surface area contributed by atoms with E-state index in [9.17, 15) is 8.78 Å². The van der Waals surface area contributed by atoms with Gasteiger partial charge in [0.05, 0.1) is 0 Å². The maximum absolute atomic E-state index is 13.4. The van der Waals surface area contributed by atoms with Crippen LogP contribution in [-0.4, -0.2) is 6.54 Å². The molecule has 2 aliphatic rings. The van der Waals surface area contributed by atoms with Crippen molar-refractivity contribution in [1.29, 1.82) is 0 Å². The molecule has 3 heteroatoms. The molecule has 1 nitrogen and oxygen atoms in total. The Labute approximate surface area is 106 Å². The zero-order chi connectivity index (χ0) is 12.5. The van der Waals surface area contributed by atoms with Gasteiger partial charge in [-0.3, -0.25) is 0 Å². The molecule has 1 aromatic carbocycles. The van der Waals surface area contributed by atoms with Gasteiger partial charge in [0.1, 0.15) is 11.6 Å². The average Bonchev–Trinajstić information content (AvgIpc) is 2.96. The van der Waals surface area contributed by atoms with E-state index >= 15 is 0 Å². The van der Waals surface area contributed by atoms with Crippen LogP contribution >= 0.6 is 0 Å². The molecule has 1 fully saturated rings. The molecule has 18 heavy (non-hydrogen) atoms. The van der Waals surface area contributed by atoms with E-state index in [2.05, 4.69) is 17.5 Å². The fourth-order valence-corrected chi connectivity index (χ4v) is 3.20. The average molecular weight is 249 g/mol. The molecule has 0 aliphatic heterocycles. The first kappa shape index (κ1) is 11.8.